The van der Waals surface area contributed by atoms with Crippen LogP contribution in [-0.4, -0.2) is 54.5 Å². The van der Waals surface area contributed by atoms with E-state index in [0.29, 0.717) is 17.9 Å². The minimum absolute atomic E-state index is 0.177. The van der Waals surface area contributed by atoms with Crippen molar-refractivity contribution in [2.45, 2.75) is 51.6 Å². The smallest absolute Gasteiger partial charge is 0.225 e. The molecule has 1 amide bonds. The first-order valence-electron chi connectivity index (χ1n) is 7.77. The highest BCUT2D eigenvalue weighted by Gasteiger charge is 2.35. The molecule has 2 fully saturated rings. The summed E-state index contributed by atoms with van der Waals surface area (Å²) in [6.45, 7) is 7.83. The van der Waals surface area contributed by atoms with Crippen molar-refractivity contribution in [3.05, 3.63) is 0 Å². The largest absolute Gasteiger partial charge is 0.342 e. The Morgan fingerprint density at radius 2 is 2.11 bits per heavy atom. The Bertz CT molecular complexity index is 321. The lowest BCUT2D eigenvalue weighted by Crippen LogP contribution is -2.51. The molecule has 1 heterocycles. The number of nitrogens with two attached hydrogens (primary N) is 1. The quantitative estimate of drug-likeness (QED) is 0.838. The van der Waals surface area contributed by atoms with Crippen LogP contribution in [0, 0.1) is 11.8 Å². The van der Waals surface area contributed by atoms with Crippen LogP contribution >= 0.6 is 0 Å². The summed E-state index contributed by atoms with van der Waals surface area (Å²) in [4.78, 5) is 17.0. The fourth-order valence-corrected chi connectivity index (χ4v) is 3.77. The molecule has 0 aromatic rings. The molecule has 1 saturated carbocycles. The van der Waals surface area contributed by atoms with E-state index in [-0.39, 0.29) is 12.0 Å². The number of hydrogen-bond acceptors (Lipinski definition) is 3. The van der Waals surface area contributed by atoms with Gasteiger partial charge in [0.1, 0.15) is 0 Å². The van der Waals surface area contributed by atoms with Crippen LogP contribution in [0.25, 0.3) is 0 Å². The van der Waals surface area contributed by atoms with E-state index in [1.54, 1.807) is 0 Å². The van der Waals surface area contributed by atoms with Crippen molar-refractivity contribution in [2.24, 2.45) is 17.6 Å². The fourth-order valence-electron chi connectivity index (χ4n) is 3.77. The van der Waals surface area contributed by atoms with Gasteiger partial charge in [0.25, 0.3) is 0 Å². The Kier molecular flexibility index (Phi) is 4.85. The summed E-state index contributed by atoms with van der Waals surface area (Å²) in [5.74, 6) is 1.07. The van der Waals surface area contributed by atoms with Crippen LogP contribution in [0.2, 0.25) is 0 Å². The van der Waals surface area contributed by atoms with Crippen LogP contribution in [0.5, 0.6) is 0 Å². The lowest BCUT2D eigenvalue weighted by molar-refractivity contribution is -0.138. The first-order valence-corrected chi connectivity index (χ1v) is 7.77. The highest BCUT2D eigenvalue weighted by molar-refractivity contribution is 5.79. The Hall–Kier alpha value is -0.610. The Morgan fingerprint density at radius 1 is 1.37 bits per heavy atom. The number of carbonyl (C=O) groups excluding carboxylic acids is 1. The molecule has 4 atom stereocenters. The highest BCUT2D eigenvalue weighted by atomic mass is 16.2. The van der Waals surface area contributed by atoms with Gasteiger partial charge in [0.15, 0.2) is 0 Å². The summed E-state index contributed by atoms with van der Waals surface area (Å²) in [5, 5.41) is 0. The number of nitrogens with zero attached hydrogens (tertiary/aromatic N) is 2. The Labute approximate surface area is 117 Å². The Morgan fingerprint density at radius 3 is 2.63 bits per heavy atom. The number of likely N-dealkylation sites (tertiary alicyclic amines) is 1. The minimum atomic E-state index is 0.177. The highest BCUT2D eigenvalue weighted by Crippen LogP contribution is 2.29. The molecule has 0 aromatic carbocycles. The molecule has 0 unspecified atom stereocenters. The predicted octanol–water partition coefficient (Wildman–Crippen LogP) is 1.30. The summed E-state index contributed by atoms with van der Waals surface area (Å²) in [7, 11) is 1.99. The Balaban J connectivity index is 1.92. The van der Waals surface area contributed by atoms with E-state index in [0.717, 1.165) is 45.3 Å². The van der Waals surface area contributed by atoms with Crippen LogP contribution < -0.4 is 5.73 Å². The molecule has 4 heteroatoms. The summed E-state index contributed by atoms with van der Waals surface area (Å²) in [6, 6.07) is 0.647. The molecule has 2 rings (SSSR count). The molecule has 0 spiro atoms. The van der Waals surface area contributed by atoms with Crippen LogP contribution in [-0.2, 0) is 4.79 Å². The maximum Gasteiger partial charge on any atom is 0.225 e. The van der Waals surface area contributed by atoms with Gasteiger partial charge in [-0.2, -0.15) is 0 Å². The monoisotopic (exact) mass is 267 g/mol. The molecule has 2 N–H and O–H groups in total. The predicted molar refractivity (Wildman–Crippen MR) is 77.8 cm³/mol. The summed E-state index contributed by atoms with van der Waals surface area (Å²) in [6.07, 6.45) is 3.97. The molecule has 0 aromatic heterocycles. The van der Waals surface area contributed by atoms with Gasteiger partial charge in [-0.3, -0.25) is 4.79 Å². The molecule has 4 nitrogen and oxygen atoms in total. The van der Waals surface area contributed by atoms with Crippen molar-refractivity contribution in [1.29, 1.82) is 0 Å². The minimum Gasteiger partial charge on any atom is -0.342 e. The van der Waals surface area contributed by atoms with Crippen LogP contribution in [0.1, 0.15) is 39.5 Å². The molecule has 19 heavy (non-hydrogen) atoms. The first kappa shape index (κ1) is 14.8. The van der Waals surface area contributed by atoms with E-state index in [4.69, 9.17) is 5.73 Å². The van der Waals surface area contributed by atoms with E-state index < -0.39 is 0 Å². The molecular weight excluding hydrogens is 238 g/mol. The van der Waals surface area contributed by atoms with Gasteiger partial charge in [-0.25, -0.2) is 0 Å². The van der Waals surface area contributed by atoms with Crippen molar-refractivity contribution in [3.63, 3.8) is 0 Å². The van der Waals surface area contributed by atoms with Crippen LogP contribution in [0.3, 0.4) is 0 Å². The van der Waals surface area contributed by atoms with Crippen molar-refractivity contribution in [2.75, 3.05) is 26.7 Å². The van der Waals surface area contributed by atoms with Gasteiger partial charge < -0.3 is 15.5 Å². The molecule has 2 aliphatic rings. The second-order valence-corrected chi connectivity index (χ2v) is 6.45. The van der Waals surface area contributed by atoms with Gasteiger partial charge in [0.2, 0.25) is 5.91 Å². The zero-order valence-electron chi connectivity index (χ0n) is 12.6. The summed E-state index contributed by atoms with van der Waals surface area (Å²) >= 11 is 0. The molecule has 1 aliphatic heterocycles. The van der Waals surface area contributed by atoms with Gasteiger partial charge in [-0.05, 0) is 38.1 Å². The average molecular weight is 267 g/mol. The SMILES string of the molecule is CCN1CC[C@H](N(C)C(=O)[C@@H]2CC[C@H](N)C2)[C@@H](C)C1. The summed E-state index contributed by atoms with van der Waals surface area (Å²) in [5.41, 5.74) is 5.93. The maximum atomic E-state index is 12.5. The maximum absolute atomic E-state index is 12.5. The second-order valence-electron chi connectivity index (χ2n) is 6.45. The van der Waals surface area contributed by atoms with E-state index >= 15 is 0 Å². The van der Waals surface area contributed by atoms with Gasteiger partial charge in [-0.1, -0.05) is 13.8 Å². The van der Waals surface area contributed by atoms with E-state index in [1.807, 2.05) is 11.9 Å². The third-order valence-corrected chi connectivity index (χ3v) is 5.06. The molecule has 1 saturated heterocycles. The van der Waals surface area contributed by atoms with E-state index in [1.165, 1.54) is 0 Å². The van der Waals surface area contributed by atoms with Crippen molar-refractivity contribution < 1.29 is 4.79 Å². The lowest BCUT2D eigenvalue weighted by Gasteiger charge is -2.41. The third kappa shape index (κ3) is 3.29. The number of carbonyl (C=O) groups is 1. The first-order chi connectivity index (χ1) is 9.02. The third-order valence-electron chi connectivity index (χ3n) is 5.06. The average Bonchev–Trinajstić information content (AvgIpc) is 2.83. The number of amides is 1. The number of rotatable bonds is 3. The van der Waals surface area contributed by atoms with Crippen molar-refractivity contribution in [1.82, 2.24) is 9.80 Å². The number of piperidine rings is 1. The normalized spacial score (nSPS) is 36.4. The van der Waals surface area contributed by atoms with Gasteiger partial charge >= 0.3 is 0 Å². The van der Waals surface area contributed by atoms with Crippen molar-refractivity contribution in [3.8, 4) is 0 Å². The van der Waals surface area contributed by atoms with Crippen molar-refractivity contribution >= 4 is 5.91 Å². The fraction of sp³-hybridized carbons (Fsp3) is 0.933. The van der Waals surface area contributed by atoms with E-state index in [9.17, 15) is 4.79 Å². The molecule has 110 valence electrons. The topological polar surface area (TPSA) is 49.6 Å². The summed E-state index contributed by atoms with van der Waals surface area (Å²) < 4.78 is 0. The lowest BCUT2D eigenvalue weighted by atomic mass is 9.91. The zero-order valence-corrected chi connectivity index (χ0v) is 12.6. The van der Waals surface area contributed by atoms with Crippen LogP contribution in [0.4, 0.5) is 0 Å². The standard InChI is InChI=1S/C15H29N3O/c1-4-18-8-7-14(11(2)10-18)17(3)15(19)12-5-6-13(16)9-12/h11-14H,4-10,16H2,1-3H3/t11-,12+,13-,14-/m0/s1. The second kappa shape index (κ2) is 6.23. The zero-order chi connectivity index (χ0) is 14.0. The van der Waals surface area contributed by atoms with Gasteiger partial charge in [0.05, 0.1) is 0 Å². The molecule has 1 aliphatic carbocycles. The molecule has 0 radical (unpaired) electrons. The van der Waals surface area contributed by atoms with Gasteiger partial charge in [0, 0.05) is 38.1 Å². The van der Waals surface area contributed by atoms with Gasteiger partial charge in [-0.15, -0.1) is 0 Å². The van der Waals surface area contributed by atoms with Crippen LogP contribution in [0.15, 0.2) is 0 Å². The number of hydrogen-bond donors (Lipinski definition) is 1. The molecule has 0 bridgehead atoms. The van der Waals surface area contributed by atoms with E-state index in [2.05, 4.69) is 18.7 Å². The molecular formula is C15H29N3O.